The Morgan fingerprint density at radius 1 is 0.788 bits per heavy atom. The van der Waals surface area contributed by atoms with Crippen LogP contribution >= 0.6 is 0 Å². The van der Waals surface area contributed by atoms with E-state index in [1.165, 1.54) is 32.9 Å². The number of esters is 1. The first-order valence-corrected chi connectivity index (χ1v) is 20.6. The molecule has 1 aromatic rings. The summed E-state index contributed by atoms with van der Waals surface area (Å²) in [6.07, 6.45) is -6.31. The van der Waals surface area contributed by atoms with Crippen molar-refractivity contribution < 1.29 is 78.5 Å². The molecule has 1 aliphatic rings. The monoisotopic (exact) mass is 935 g/mol. The second-order valence-electron chi connectivity index (χ2n) is 15.4. The van der Waals surface area contributed by atoms with Crippen LogP contribution in [0.15, 0.2) is 48.1 Å². The van der Waals surface area contributed by atoms with Crippen LogP contribution in [0.25, 0.3) is 6.08 Å². The van der Waals surface area contributed by atoms with E-state index in [1.54, 1.807) is 37.3 Å². The van der Waals surface area contributed by atoms with Crippen molar-refractivity contribution in [3.63, 3.8) is 0 Å². The van der Waals surface area contributed by atoms with E-state index < -0.39 is 152 Å². The first kappa shape index (κ1) is 55.8. The molecular weight excluding hydrogens is 874 g/mol. The fourth-order valence-electron chi connectivity index (χ4n) is 5.80. The highest BCUT2D eigenvalue weighted by Crippen LogP contribution is 2.09. The van der Waals surface area contributed by atoms with Gasteiger partial charge in [-0.1, -0.05) is 50.3 Å². The summed E-state index contributed by atoms with van der Waals surface area (Å²) in [5.74, 6) is -11.3. The van der Waals surface area contributed by atoms with Crippen molar-refractivity contribution in [2.24, 2.45) is 5.92 Å². The first-order chi connectivity index (χ1) is 31.1. The molecule has 1 saturated heterocycles. The summed E-state index contributed by atoms with van der Waals surface area (Å²) >= 11 is 0. The van der Waals surface area contributed by atoms with E-state index in [2.05, 4.69) is 52.6 Å². The largest absolute Gasteiger partial charge is 0.467 e. The van der Waals surface area contributed by atoms with Gasteiger partial charge in [-0.3, -0.25) is 43.7 Å². The predicted octanol–water partition coefficient (Wildman–Crippen LogP) is -6.99. The lowest BCUT2D eigenvalue weighted by molar-refractivity contribution is -0.150. The zero-order valence-electron chi connectivity index (χ0n) is 37.1. The van der Waals surface area contributed by atoms with E-state index in [4.69, 9.17) is 0 Å². The number of carbonyl (C=O) groups excluding carboxylic acids is 9. The molecule has 0 radical (unpaired) electrons. The van der Waals surface area contributed by atoms with Gasteiger partial charge in [0.2, 0.25) is 47.3 Å². The van der Waals surface area contributed by atoms with Crippen LogP contribution in [0.3, 0.4) is 0 Å². The number of methoxy groups -OCH3 is 1. The number of hydrogen-bond acceptors (Lipinski definition) is 17. The number of aliphatic hydroxyl groups is 6. The SMILES string of the molecule is C/C=C(/C)C(=O)NCC1NC(=O)C(C(=O)OC)NC(O)C(O)CNC(=O)C(C(C)O)NC(=O)C(C(O)C(O)CNC(=O)/C=C/c2ccccc2)NC(=O)C(C(C)C)NC(=O)C(CO)NC1=O. The first-order valence-electron chi connectivity index (χ1n) is 20.6. The lowest BCUT2D eigenvalue weighted by Gasteiger charge is -2.32. The van der Waals surface area contributed by atoms with Gasteiger partial charge in [0.05, 0.1) is 25.9 Å². The molecule has 15 N–H and O–H groups in total. The van der Waals surface area contributed by atoms with Gasteiger partial charge in [-0.15, -0.1) is 0 Å². The summed E-state index contributed by atoms with van der Waals surface area (Å²) in [6.45, 7) is 3.49. The second kappa shape index (κ2) is 27.2. The highest BCUT2D eigenvalue weighted by atomic mass is 16.5. The summed E-state index contributed by atoms with van der Waals surface area (Å²) in [7, 11) is 0.861. The summed E-state index contributed by atoms with van der Waals surface area (Å²) in [5.41, 5.74) is 0.843. The van der Waals surface area contributed by atoms with Crippen LogP contribution in [-0.4, -0.2) is 184 Å². The Morgan fingerprint density at radius 2 is 1.36 bits per heavy atom. The van der Waals surface area contributed by atoms with E-state index in [1.807, 2.05) is 0 Å². The minimum Gasteiger partial charge on any atom is -0.467 e. The molecule has 11 atom stereocenters. The number of amides is 8. The molecule has 366 valence electrons. The maximum atomic E-state index is 13.9. The Hall–Kier alpha value is -6.35. The van der Waals surface area contributed by atoms with E-state index in [0.717, 1.165) is 20.1 Å². The highest BCUT2D eigenvalue weighted by molar-refractivity contribution is 6.04. The topological polar surface area (TPSA) is 393 Å². The second-order valence-corrected chi connectivity index (χ2v) is 15.4. The van der Waals surface area contributed by atoms with E-state index >= 15 is 0 Å². The van der Waals surface area contributed by atoms with Crippen molar-refractivity contribution in [2.75, 3.05) is 33.4 Å². The van der Waals surface area contributed by atoms with Crippen LogP contribution in [0, 0.1) is 5.92 Å². The van der Waals surface area contributed by atoms with Crippen LogP contribution in [-0.2, 0) is 47.9 Å². The molecular formula is C41H61N9O16. The minimum absolute atomic E-state index is 0.185. The zero-order valence-corrected chi connectivity index (χ0v) is 37.1. The predicted molar refractivity (Wildman–Crippen MR) is 230 cm³/mol. The molecule has 25 heteroatoms. The normalized spacial score (nSPS) is 26.1. The average molecular weight is 936 g/mol. The fourth-order valence-corrected chi connectivity index (χ4v) is 5.80. The third kappa shape index (κ3) is 17.2. The number of β-amino-alcohol motifs (C(OH)–C–C–N with tert-alkyl or cyclic N) is 1. The van der Waals surface area contributed by atoms with E-state index in [0.29, 0.717) is 5.56 Å². The maximum absolute atomic E-state index is 13.9. The lowest BCUT2D eigenvalue weighted by Crippen LogP contribution is -2.66. The standard InChI is InChI=1S/C41H61N9O16/c1-7-20(4)33(57)43-15-23-34(58)46-24(18-51)35(59)47-28(19(2)3)38(62)49-30(32(56)25(53)16-42-27(55)14-13-22-11-9-8-10-12-22)39(63)48-29(21(5)52)37(61)44-17-26(54)36(60)50-31(40(64)45-23)41(65)66-6/h7-14,19,21,23-26,28-32,36,50-54,56,60H,15-18H2,1-6H3,(H,42,55)(H,43,57)(H,44,61)(H,45,64)(H,46,58)(H,47,59)(H,48,63)(H,49,62)/b14-13+,20-7-. The number of rotatable bonds is 13. The van der Waals surface area contributed by atoms with Crippen LogP contribution in [0.2, 0.25) is 0 Å². The number of hydrogen-bond donors (Lipinski definition) is 15. The molecule has 0 saturated carbocycles. The van der Waals surface area contributed by atoms with Gasteiger partial charge in [-0.2, -0.15) is 0 Å². The fraction of sp³-hybridized carbons (Fsp3) is 0.537. The molecule has 1 aromatic carbocycles. The smallest absolute Gasteiger partial charge is 0.332 e. The number of nitrogens with one attached hydrogen (secondary N) is 9. The molecule has 1 fully saturated rings. The Balaban J connectivity index is 2.62. The van der Waals surface area contributed by atoms with Crippen molar-refractivity contribution in [1.82, 2.24) is 47.9 Å². The molecule has 1 aliphatic heterocycles. The van der Waals surface area contributed by atoms with Gasteiger partial charge in [0.25, 0.3) is 0 Å². The van der Waals surface area contributed by atoms with Crippen molar-refractivity contribution in [2.45, 2.75) is 102 Å². The van der Waals surface area contributed by atoms with Crippen LogP contribution in [0.1, 0.15) is 40.2 Å². The van der Waals surface area contributed by atoms with Crippen LogP contribution in [0.5, 0.6) is 0 Å². The summed E-state index contributed by atoms with van der Waals surface area (Å²) in [6, 6.07) is -3.07. The molecule has 66 heavy (non-hydrogen) atoms. The van der Waals surface area contributed by atoms with Crippen LogP contribution < -0.4 is 47.9 Å². The molecule has 1 heterocycles. The average Bonchev–Trinajstić information content (AvgIpc) is 3.29. The van der Waals surface area contributed by atoms with Gasteiger partial charge in [-0.05, 0) is 38.3 Å². The van der Waals surface area contributed by atoms with Gasteiger partial charge < -0.3 is 77.9 Å². The highest BCUT2D eigenvalue weighted by Gasteiger charge is 2.40. The third-order valence-electron chi connectivity index (χ3n) is 9.93. The Morgan fingerprint density at radius 3 is 1.94 bits per heavy atom. The summed E-state index contributed by atoms with van der Waals surface area (Å²) < 4.78 is 4.63. The summed E-state index contributed by atoms with van der Waals surface area (Å²) in [5, 5.41) is 84.4. The van der Waals surface area contributed by atoms with Crippen molar-refractivity contribution in [3.05, 3.63) is 53.6 Å². The minimum atomic E-state index is -2.28. The number of benzene rings is 1. The van der Waals surface area contributed by atoms with Crippen LogP contribution in [0.4, 0.5) is 0 Å². The molecule has 2 rings (SSSR count). The number of allylic oxidation sites excluding steroid dienone is 1. The van der Waals surface area contributed by atoms with Crippen molar-refractivity contribution in [1.29, 1.82) is 0 Å². The summed E-state index contributed by atoms with van der Waals surface area (Å²) in [4.78, 5) is 120. The van der Waals surface area contributed by atoms with Gasteiger partial charge in [0.15, 0.2) is 6.04 Å². The molecule has 0 aromatic heterocycles. The molecule has 0 spiro atoms. The third-order valence-corrected chi connectivity index (χ3v) is 9.93. The quantitative estimate of drug-likeness (QED) is 0.0496. The molecule has 0 bridgehead atoms. The van der Waals surface area contributed by atoms with Gasteiger partial charge in [-0.25, -0.2) is 4.79 Å². The molecule has 11 unspecified atom stereocenters. The lowest BCUT2D eigenvalue weighted by atomic mass is 9.99. The Labute approximate surface area is 379 Å². The molecule has 0 aliphatic carbocycles. The zero-order chi connectivity index (χ0) is 49.8. The van der Waals surface area contributed by atoms with Gasteiger partial charge in [0, 0.05) is 31.3 Å². The molecule has 25 nitrogen and oxygen atoms in total. The molecule has 8 amide bonds. The van der Waals surface area contributed by atoms with E-state index in [9.17, 15) is 73.8 Å². The maximum Gasteiger partial charge on any atom is 0.332 e. The Bertz CT molecular complexity index is 1930. The van der Waals surface area contributed by atoms with Crippen molar-refractivity contribution >= 4 is 59.3 Å². The van der Waals surface area contributed by atoms with Gasteiger partial charge >= 0.3 is 5.97 Å². The number of ether oxygens (including phenoxy) is 1. The number of aliphatic hydroxyl groups excluding tert-OH is 6. The van der Waals surface area contributed by atoms with E-state index in [-0.39, 0.29) is 5.57 Å². The van der Waals surface area contributed by atoms with Crippen molar-refractivity contribution in [3.8, 4) is 0 Å². The van der Waals surface area contributed by atoms with Gasteiger partial charge in [0.1, 0.15) is 48.6 Å². The Kier molecular flexibility index (Phi) is 23.0. The number of carbonyl (C=O) groups is 9.